The molecular weight excluding hydrogens is 254 g/mol. The second-order valence-corrected chi connectivity index (χ2v) is 5.06. The number of halogens is 2. The van der Waals surface area contributed by atoms with Crippen LogP contribution in [0.5, 0.6) is 0 Å². The predicted molar refractivity (Wildman–Crippen MR) is 65.3 cm³/mol. The van der Waals surface area contributed by atoms with E-state index in [-0.39, 0.29) is 19.4 Å². The van der Waals surface area contributed by atoms with Gasteiger partial charge in [0.05, 0.1) is 0 Å². The van der Waals surface area contributed by atoms with Gasteiger partial charge in [0.15, 0.2) is 0 Å². The Balaban J connectivity index is 2.37. The van der Waals surface area contributed by atoms with E-state index in [9.17, 15) is 18.7 Å². The lowest BCUT2D eigenvalue weighted by molar-refractivity contribution is -0.218. The van der Waals surface area contributed by atoms with Crippen molar-refractivity contribution in [3.05, 3.63) is 35.4 Å². The van der Waals surface area contributed by atoms with Crippen LogP contribution in [0.3, 0.4) is 0 Å². The number of hydrogen-bond acceptors (Lipinski definition) is 2. The fourth-order valence-corrected chi connectivity index (χ4v) is 2.50. The van der Waals surface area contributed by atoms with E-state index < -0.39 is 23.9 Å². The minimum Gasteiger partial charge on any atom is -0.481 e. The number of hydrogen-bond donors (Lipinski definition) is 1. The fraction of sp³-hybridized carbons (Fsp3) is 0.500. The molecule has 1 unspecified atom stereocenters. The third kappa shape index (κ3) is 2.47. The summed E-state index contributed by atoms with van der Waals surface area (Å²) in [6.45, 7) is 1.07. The van der Waals surface area contributed by atoms with Crippen molar-refractivity contribution >= 4 is 5.97 Å². The van der Waals surface area contributed by atoms with Crippen molar-refractivity contribution in [2.24, 2.45) is 5.41 Å². The highest BCUT2D eigenvalue weighted by molar-refractivity contribution is 5.76. The Morgan fingerprint density at radius 1 is 1.47 bits per heavy atom. The van der Waals surface area contributed by atoms with E-state index in [1.54, 1.807) is 18.2 Å². The van der Waals surface area contributed by atoms with E-state index >= 15 is 0 Å². The first-order valence-electron chi connectivity index (χ1n) is 6.12. The number of carboxylic acids is 1. The molecule has 1 atom stereocenters. The third-order valence-electron chi connectivity index (χ3n) is 3.65. The molecule has 1 aliphatic heterocycles. The summed E-state index contributed by atoms with van der Waals surface area (Å²) in [7, 11) is 0. The molecule has 0 bridgehead atoms. The van der Waals surface area contributed by atoms with Gasteiger partial charge >= 0.3 is 5.97 Å². The Morgan fingerprint density at radius 3 is 2.79 bits per heavy atom. The maximum atomic E-state index is 14.1. The average molecular weight is 270 g/mol. The molecule has 2 rings (SSSR count). The van der Waals surface area contributed by atoms with Crippen LogP contribution in [0.15, 0.2) is 24.3 Å². The van der Waals surface area contributed by atoms with Gasteiger partial charge in [-0.05, 0) is 25.3 Å². The first-order valence-corrected chi connectivity index (χ1v) is 6.12. The monoisotopic (exact) mass is 270 g/mol. The van der Waals surface area contributed by atoms with Gasteiger partial charge in [0.1, 0.15) is 12.0 Å². The highest BCUT2D eigenvalue weighted by atomic mass is 19.3. The van der Waals surface area contributed by atoms with Crippen molar-refractivity contribution in [3.63, 3.8) is 0 Å². The highest BCUT2D eigenvalue weighted by Gasteiger charge is 2.60. The molecule has 0 amide bonds. The highest BCUT2D eigenvalue weighted by Crippen LogP contribution is 2.45. The molecule has 0 spiro atoms. The molecule has 19 heavy (non-hydrogen) atoms. The van der Waals surface area contributed by atoms with Crippen LogP contribution in [0, 0.1) is 12.3 Å². The summed E-state index contributed by atoms with van der Waals surface area (Å²) >= 11 is 0. The lowest BCUT2D eigenvalue weighted by Gasteiger charge is -2.40. The molecule has 1 heterocycles. The van der Waals surface area contributed by atoms with Gasteiger partial charge in [-0.2, -0.15) is 0 Å². The van der Waals surface area contributed by atoms with Crippen molar-refractivity contribution in [3.8, 4) is 0 Å². The van der Waals surface area contributed by atoms with E-state index in [0.717, 1.165) is 5.56 Å². The van der Waals surface area contributed by atoms with Crippen LogP contribution in [-0.2, 0) is 16.0 Å². The standard InChI is InChI=1S/C14H16F2O3/c1-10-3-2-4-11(7-10)8-13(12(17)18)5-6-19-9-14(13,15)16/h2-4,7H,5-6,8-9H2,1H3,(H,17,18). The molecule has 3 nitrogen and oxygen atoms in total. The summed E-state index contributed by atoms with van der Waals surface area (Å²) in [5, 5.41) is 9.32. The summed E-state index contributed by atoms with van der Waals surface area (Å²) in [5.41, 5.74) is -0.531. The van der Waals surface area contributed by atoms with E-state index in [1.807, 2.05) is 13.0 Å². The number of alkyl halides is 2. The van der Waals surface area contributed by atoms with E-state index in [4.69, 9.17) is 4.74 Å². The van der Waals surface area contributed by atoms with E-state index in [1.165, 1.54) is 0 Å². The molecule has 0 saturated carbocycles. The SMILES string of the molecule is Cc1cccc(CC2(C(=O)O)CCOCC2(F)F)c1. The Kier molecular flexibility index (Phi) is 3.58. The zero-order chi connectivity index (χ0) is 14.1. The molecule has 1 aromatic carbocycles. The van der Waals surface area contributed by atoms with Crippen molar-refractivity contribution in [2.45, 2.75) is 25.7 Å². The quantitative estimate of drug-likeness (QED) is 0.918. The fourth-order valence-electron chi connectivity index (χ4n) is 2.50. The van der Waals surface area contributed by atoms with Gasteiger partial charge in [-0.1, -0.05) is 29.8 Å². The Labute approximate surface area is 110 Å². The lowest BCUT2D eigenvalue weighted by atomic mass is 9.72. The summed E-state index contributed by atoms with van der Waals surface area (Å²) < 4.78 is 32.8. The molecule has 1 aliphatic rings. The molecule has 1 aromatic rings. The number of aryl methyl sites for hydroxylation is 1. The van der Waals surface area contributed by atoms with Gasteiger partial charge in [-0.15, -0.1) is 0 Å². The first-order chi connectivity index (χ1) is 8.87. The molecule has 0 aromatic heterocycles. The van der Waals surface area contributed by atoms with Crippen LogP contribution in [0.25, 0.3) is 0 Å². The van der Waals surface area contributed by atoms with Crippen LogP contribution in [0.2, 0.25) is 0 Å². The number of aliphatic carboxylic acids is 1. The smallest absolute Gasteiger partial charge is 0.316 e. The number of carbonyl (C=O) groups is 1. The van der Waals surface area contributed by atoms with Gasteiger partial charge in [0.25, 0.3) is 5.92 Å². The second kappa shape index (κ2) is 4.89. The van der Waals surface area contributed by atoms with Crippen molar-refractivity contribution in [1.82, 2.24) is 0 Å². The second-order valence-electron chi connectivity index (χ2n) is 5.06. The van der Waals surface area contributed by atoms with Gasteiger partial charge < -0.3 is 9.84 Å². The number of rotatable bonds is 3. The van der Waals surface area contributed by atoms with Crippen LogP contribution in [0.1, 0.15) is 17.5 Å². The predicted octanol–water partition coefficient (Wildman–Crippen LogP) is 2.66. The van der Waals surface area contributed by atoms with Gasteiger partial charge in [0, 0.05) is 6.61 Å². The molecular formula is C14H16F2O3. The largest absolute Gasteiger partial charge is 0.481 e. The van der Waals surface area contributed by atoms with Crippen molar-refractivity contribution in [2.75, 3.05) is 13.2 Å². The molecule has 1 N–H and O–H groups in total. The van der Waals surface area contributed by atoms with Gasteiger partial charge in [-0.3, -0.25) is 4.79 Å². The third-order valence-corrected chi connectivity index (χ3v) is 3.65. The Hall–Kier alpha value is -1.49. The Bertz CT molecular complexity index is 487. The minimum atomic E-state index is -3.36. The van der Waals surface area contributed by atoms with Crippen molar-refractivity contribution in [1.29, 1.82) is 0 Å². The summed E-state index contributed by atoms with van der Waals surface area (Å²) in [6.07, 6.45) is -0.357. The zero-order valence-electron chi connectivity index (χ0n) is 10.7. The molecule has 0 radical (unpaired) electrons. The molecule has 5 heteroatoms. The molecule has 1 saturated heterocycles. The first kappa shape index (κ1) is 13.9. The van der Waals surface area contributed by atoms with E-state index in [2.05, 4.69) is 0 Å². The van der Waals surface area contributed by atoms with Gasteiger partial charge in [-0.25, -0.2) is 8.78 Å². The normalized spacial score (nSPS) is 26.1. The lowest BCUT2D eigenvalue weighted by Crippen LogP contribution is -2.55. The zero-order valence-corrected chi connectivity index (χ0v) is 10.7. The molecule has 104 valence electrons. The summed E-state index contributed by atoms with van der Waals surface area (Å²) in [4.78, 5) is 11.4. The van der Waals surface area contributed by atoms with Gasteiger partial charge in [0.2, 0.25) is 0 Å². The maximum absolute atomic E-state index is 14.1. The van der Waals surface area contributed by atoms with Crippen LogP contribution in [0.4, 0.5) is 8.78 Å². The van der Waals surface area contributed by atoms with E-state index in [0.29, 0.717) is 5.56 Å². The topological polar surface area (TPSA) is 46.5 Å². The van der Waals surface area contributed by atoms with Crippen LogP contribution in [-0.4, -0.2) is 30.2 Å². The molecule has 1 fully saturated rings. The Morgan fingerprint density at radius 2 is 2.21 bits per heavy atom. The minimum absolute atomic E-state index is 0.0493. The molecule has 0 aliphatic carbocycles. The summed E-state index contributed by atoms with van der Waals surface area (Å²) in [5.74, 6) is -4.82. The van der Waals surface area contributed by atoms with Crippen LogP contribution < -0.4 is 0 Å². The van der Waals surface area contributed by atoms with Crippen LogP contribution >= 0.6 is 0 Å². The number of ether oxygens (including phenoxy) is 1. The summed E-state index contributed by atoms with van der Waals surface area (Å²) in [6, 6.07) is 7.02. The number of benzene rings is 1. The van der Waals surface area contributed by atoms with Crippen molar-refractivity contribution < 1.29 is 23.4 Å². The number of carboxylic acid groups (broad SMARTS) is 1. The average Bonchev–Trinajstić information content (AvgIpc) is 2.31. The maximum Gasteiger partial charge on any atom is 0.316 e.